The van der Waals surface area contributed by atoms with E-state index < -0.39 is 33.8 Å². The topological polar surface area (TPSA) is 116 Å². The van der Waals surface area contributed by atoms with Crippen LogP contribution in [-0.2, 0) is 19.7 Å². The summed E-state index contributed by atoms with van der Waals surface area (Å²) in [6.45, 7) is 3.86. The van der Waals surface area contributed by atoms with Crippen LogP contribution in [0.3, 0.4) is 0 Å². The largest absolute Gasteiger partial charge is 0.423 e. The van der Waals surface area contributed by atoms with Crippen molar-refractivity contribution in [3.63, 3.8) is 0 Å². The van der Waals surface area contributed by atoms with Crippen LogP contribution in [0.4, 0.5) is 11.4 Å². The number of anilines is 2. The van der Waals surface area contributed by atoms with E-state index in [9.17, 15) is 22.6 Å². The predicted octanol–water partition coefficient (Wildman–Crippen LogP) is 2.54. The monoisotopic (exact) mass is 505 g/mol. The van der Waals surface area contributed by atoms with Gasteiger partial charge in [0.1, 0.15) is 11.8 Å². The molecule has 2 aromatic rings. The number of para-hydroxylation sites is 2. The van der Waals surface area contributed by atoms with E-state index in [-0.39, 0.29) is 5.75 Å². The van der Waals surface area contributed by atoms with Crippen LogP contribution in [0, 0.1) is 5.92 Å². The Labute approximate surface area is 203 Å². The zero-order valence-corrected chi connectivity index (χ0v) is 20.6. The Kier molecular flexibility index (Phi) is 7.17. The minimum atomic E-state index is -4.53. The van der Waals surface area contributed by atoms with Crippen molar-refractivity contribution in [3.05, 3.63) is 42.5 Å². The third-order valence-electron chi connectivity index (χ3n) is 5.79. The quantitative estimate of drug-likeness (QED) is 0.333. The van der Waals surface area contributed by atoms with Crippen LogP contribution >= 0.6 is 11.8 Å². The van der Waals surface area contributed by atoms with E-state index >= 15 is 0 Å². The first-order valence-electron chi connectivity index (χ1n) is 10.9. The van der Waals surface area contributed by atoms with Gasteiger partial charge in [-0.3, -0.25) is 9.35 Å². The van der Waals surface area contributed by atoms with Gasteiger partial charge >= 0.3 is 5.97 Å². The number of carbonyl (C=O) groups is 2. The molecule has 0 aliphatic carbocycles. The van der Waals surface area contributed by atoms with Crippen molar-refractivity contribution in [2.24, 2.45) is 5.92 Å². The number of nitrogens with zero attached hydrogens (tertiary/aromatic N) is 2. The first-order valence-corrected chi connectivity index (χ1v) is 13.3. The SMILES string of the molecule is CC(=O)N[C@H](CS(=O)(=O)O)C(=O)Oc1cccc2c1N(CC1CCN(C)C1)c1ccccc1S2. The molecule has 1 fully saturated rings. The molecule has 4 rings (SSSR count). The third-order valence-corrected chi connectivity index (χ3v) is 7.66. The van der Waals surface area contributed by atoms with E-state index in [1.54, 1.807) is 23.9 Å². The van der Waals surface area contributed by atoms with E-state index in [1.807, 2.05) is 30.3 Å². The smallest absolute Gasteiger partial charge is 0.335 e. The van der Waals surface area contributed by atoms with Gasteiger partial charge in [0.05, 0.1) is 11.4 Å². The average Bonchev–Trinajstić information content (AvgIpc) is 3.16. The highest BCUT2D eigenvalue weighted by atomic mass is 32.2. The molecule has 1 saturated heterocycles. The number of fused-ring (bicyclic) bond motifs is 2. The fourth-order valence-corrected chi connectivity index (χ4v) is 6.13. The molecule has 0 aromatic heterocycles. The summed E-state index contributed by atoms with van der Waals surface area (Å²) >= 11 is 1.57. The normalized spacial score (nSPS) is 18.7. The van der Waals surface area contributed by atoms with Crippen molar-refractivity contribution in [2.45, 2.75) is 29.2 Å². The van der Waals surface area contributed by atoms with Gasteiger partial charge in [-0.25, -0.2) is 4.79 Å². The summed E-state index contributed by atoms with van der Waals surface area (Å²) in [6, 6.07) is 11.8. The third kappa shape index (κ3) is 5.72. The lowest BCUT2D eigenvalue weighted by atomic mass is 10.1. The molecule has 1 unspecified atom stereocenters. The van der Waals surface area contributed by atoms with Gasteiger partial charge in [0, 0.05) is 29.8 Å². The summed E-state index contributed by atoms with van der Waals surface area (Å²) in [4.78, 5) is 30.9. The van der Waals surface area contributed by atoms with Gasteiger partial charge in [-0.2, -0.15) is 8.42 Å². The Bertz CT molecular complexity index is 1200. The fourth-order valence-electron chi connectivity index (χ4n) is 4.37. The lowest BCUT2D eigenvalue weighted by Gasteiger charge is -2.35. The number of esters is 1. The molecule has 1 amide bonds. The standard InChI is InChI=1S/C23H27N3O6S2/c1-15(27)24-17(14-34(29,30)31)23(28)32-19-7-5-9-21-22(19)26(13-16-10-11-25(2)12-16)18-6-3-4-8-20(18)33-21/h3-9,16-17H,10-14H2,1-2H3,(H,24,27)(H,29,30,31)/t16?,17-/m1/s1. The van der Waals surface area contributed by atoms with Crippen molar-refractivity contribution in [1.29, 1.82) is 0 Å². The van der Waals surface area contributed by atoms with Crippen molar-refractivity contribution in [2.75, 3.05) is 37.3 Å². The Morgan fingerprint density at radius 2 is 1.94 bits per heavy atom. The summed E-state index contributed by atoms with van der Waals surface area (Å²) in [5.74, 6) is -1.87. The molecule has 0 spiro atoms. The number of carbonyl (C=O) groups excluding carboxylic acids is 2. The molecule has 2 atom stereocenters. The number of likely N-dealkylation sites (tertiary alicyclic amines) is 1. The predicted molar refractivity (Wildman–Crippen MR) is 129 cm³/mol. The number of amides is 1. The van der Waals surface area contributed by atoms with Gasteiger partial charge in [-0.1, -0.05) is 30.0 Å². The van der Waals surface area contributed by atoms with E-state index in [1.165, 1.54) is 0 Å². The molecule has 34 heavy (non-hydrogen) atoms. The molecule has 2 aliphatic heterocycles. The Morgan fingerprint density at radius 1 is 1.21 bits per heavy atom. The lowest BCUT2D eigenvalue weighted by molar-refractivity contribution is -0.138. The number of rotatable bonds is 7. The van der Waals surface area contributed by atoms with Crippen LogP contribution < -0.4 is 15.0 Å². The van der Waals surface area contributed by atoms with Crippen LogP contribution in [0.5, 0.6) is 5.75 Å². The molecule has 0 radical (unpaired) electrons. The minimum Gasteiger partial charge on any atom is -0.423 e. The number of hydrogen-bond donors (Lipinski definition) is 2. The summed E-state index contributed by atoms with van der Waals surface area (Å²) < 4.78 is 37.7. The molecule has 0 bridgehead atoms. The minimum absolute atomic E-state index is 0.265. The van der Waals surface area contributed by atoms with Crippen molar-refractivity contribution in [1.82, 2.24) is 10.2 Å². The Balaban J connectivity index is 1.68. The molecule has 2 aromatic carbocycles. The van der Waals surface area contributed by atoms with E-state index in [4.69, 9.17) is 4.74 Å². The van der Waals surface area contributed by atoms with E-state index in [0.29, 0.717) is 5.92 Å². The molecule has 2 heterocycles. The fraction of sp³-hybridized carbons (Fsp3) is 0.391. The number of benzene rings is 2. The summed E-state index contributed by atoms with van der Waals surface area (Å²) in [7, 11) is -2.43. The summed E-state index contributed by atoms with van der Waals surface area (Å²) in [5.41, 5.74) is 1.73. The highest BCUT2D eigenvalue weighted by Crippen LogP contribution is 2.52. The highest BCUT2D eigenvalue weighted by Gasteiger charge is 2.33. The van der Waals surface area contributed by atoms with Crippen LogP contribution in [0.1, 0.15) is 13.3 Å². The van der Waals surface area contributed by atoms with Gasteiger partial charge in [0.25, 0.3) is 10.1 Å². The number of nitrogens with one attached hydrogen (secondary N) is 1. The molecule has 2 N–H and O–H groups in total. The van der Waals surface area contributed by atoms with E-state index in [0.717, 1.165) is 54.1 Å². The highest BCUT2D eigenvalue weighted by molar-refractivity contribution is 7.99. The number of ether oxygens (including phenoxy) is 1. The maximum Gasteiger partial charge on any atom is 0.335 e. The molecule has 11 heteroatoms. The van der Waals surface area contributed by atoms with Gasteiger partial charge in [-0.05, 0) is 50.2 Å². The van der Waals surface area contributed by atoms with Gasteiger partial charge in [-0.15, -0.1) is 0 Å². The van der Waals surface area contributed by atoms with Crippen LogP contribution in [0.2, 0.25) is 0 Å². The van der Waals surface area contributed by atoms with E-state index in [2.05, 4.69) is 22.2 Å². The maximum atomic E-state index is 12.9. The molecule has 9 nitrogen and oxygen atoms in total. The first-order chi connectivity index (χ1) is 16.1. The Morgan fingerprint density at radius 3 is 2.62 bits per heavy atom. The van der Waals surface area contributed by atoms with Gasteiger partial charge in [0.2, 0.25) is 5.91 Å². The zero-order chi connectivity index (χ0) is 24.5. The van der Waals surface area contributed by atoms with Gasteiger partial charge < -0.3 is 19.9 Å². The van der Waals surface area contributed by atoms with Crippen LogP contribution in [0.25, 0.3) is 0 Å². The molecular formula is C23H27N3O6S2. The molecule has 2 aliphatic rings. The van der Waals surface area contributed by atoms with Crippen molar-refractivity contribution in [3.8, 4) is 5.75 Å². The second kappa shape index (κ2) is 9.95. The molecular weight excluding hydrogens is 478 g/mol. The zero-order valence-electron chi connectivity index (χ0n) is 18.9. The maximum absolute atomic E-state index is 12.9. The van der Waals surface area contributed by atoms with Crippen LogP contribution in [0.15, 0.2) is 52.3 Å². The second-order valence-electron chi connectivity index (χ2n) is 8.62. The lowest BCUT2D eigenvalue weighted by Crippen LogP contribution is -2.46. The van der Waals surface area contributed by atoms with Gasteiger partial charge in [0.15, 0.2) is 5.75 Å². The van der Waals surface area contributed by atoms with Crippen LogP contribution in [-0.4, -0.2) is 68.2 Å². The Hall–Kier alpha value is -2.60. The summed E-state index contributed by atoms with van der Waals surface area (Å²) in [6.07, 6.45) is 1.05. The summed E-state index contributed by atoms with van der Waals surface area (Å²) in [5, 5.41) is 2.25. The first kappa shape index (κ1) is 24.5. The van der Waals surface area contributed by atoms with Crippen molar-refractivity contribution < 1.29 is 27.3 Å². The average molecular weight is 506 g/mol. The molecule has 0 saturated carbocycles. The molecule has 182 valence electrons. The van der Waals surface area contributed by atoms with Crippen molar-refractivity contribution >= 4 is 45.1 Å². The second-order valence-corrected chi connectivity index (χ2v) is 11.2. The number of hydrogen-bond acceptors (Lipinski definition) is 8.